The molecule has 0 radical (unpaired) electrons. The fourth-order valence-corrected chi connectivity index (χ4v) is 4.55. The minimum atomic E-state index is -0.413. The Morgan fingerprint density at radius 1 is 1.21 bits per heavy atom. The minimum absolute atomic E-state index is 0.0640. The lowest BCUT2D eigenvalue weighted by molar-refractivity contribution is -0.138. The molecule has 2 atom stereocenters. The van der Waals surface area contributed by atoms with E-state index in [0.29, 0.717) is 17.6 Å². The van der Waals surface area contributed by atoms with Gasteiger partial charge in [-0.1, -0.05) is 24.3 Å². The molecule has 1 aromatic carbocycles. The summed E-state index contributed by atoms with van der Waals surface area (Å²) < 4.78 is 9.97. The van der Waals surface area contributed by atoms with Gasteiger partial charge in [0.2, 0.25) is 0 Å². The number of aromatic amines is 1. The Labute approximate surface area is 163 Å². The van der Waals surface area contributed by atoms with Crippen molar-refractivity contribution in [3.05, 3.63) is 58.9 Å². The number of hydrogen-bond acceptors (Lipinski definition) is 5. The highest BCUT2D eigenvalue weighted by atomic mass is 16.5. The first-order chi connectivity index (χ1) is 13.6. The first kappa shape index (κ1) is 18.3. The van der Waals surface area contributed by atoms with E-state index in [2.05, 4.69) is 28.1 Å². The number of benzene rings is 1. The molecule has 0 saturated carbocycles. The molecule has 0 spiro atoms. The van der Waals surface area contributed by atoms with E-state index in [9.17, 15) is 9.59 Å². The Morgan fingerprint density at radius 2 is 2.00 bits per heavy atom. The van der Waals surface area contributed by atoms with Gasteiger partial charge in [-0.3, -0.25) is 0 Å². The van der Waals surface area contributed by atoms with Gasteiger partial charge < -0.3 is 19.4 Å². The number of fused-ring (bicyclic) bond motifs is 5. The maximum Gasteiger partial charge on any atom is 0.335 e. The van der Waals surface area contributed by atoms with E-state index in [-0.39, 0.29) is 12.0 Å². The summed E-state index contributed by atoms with van der Waals surface area (Å²) >= 11 is 0. The lowest BCUT2D eigenvalue weighted by atomic mass is 9.79. The van der Waals surface area contributed by atoms with E-state index in [4.69, 9.17) is 9.47 Å². The Hall–Kier alpha value is -3.02. The molecule has 1 aromatic heterocycles. The number of nitrogens with zero attached hydrogens (tertiary/aromatic N) is 1. The van der Waals surface area contributed by atoms with Gasteiger partial charge in [0.05, 0.1) is 25.8 Å². The molecular formula is C22H24N2O4. The van der Waals surface area contributed by atoms with Crippen molar-refractivity contribution < 1.29 is 19.1 Å². The number of esters is 2. The SMILES string of the molecule is C/C=C(/C(=O)OC)[C@@H]1C[C@H]2c3[nH]c4ccccc4c3CCN2C=C1C(=O)OC. The fraction of sp³-hybridized carbons (Fsp3) is 0.364. The molecule has 2 aliphatic heterocycles. The average molecular weight is 380 g/mol. The van der Waals surface area contributed by atoms with E-state index in [0.717, 1.165) is 24.2 Å². The van der Waals surface area contributed by atoms with Crippen molar-refractivity contribution in [2.45, 2.75) is 25.8 Å². The molecule has 0 fully saturated rings. The molecule has 0 saturated heterocycles. The van der Waals surface area contributed by atoms with Gasteiger partial charge in [0.25, 0.3) is 0 Å². The lowest BCUT2D eigenvalue weighted by Gasteiger charge is -2.41. The average Bonchev–Trinajstić information content (AvgIpc) is 3.12. The summed E-state index contributed by atoms with van der Waals surface area (Å²) in [6, 6.07) is 8.36. The van der Waals surface area contributed by atoms with Crippen LogP contribution in [-0.4, -0.2) is 42.6 Å². The summed E-state index contributed by atoms with van der Waals surface area (Å²) in [4.78, 5) is 30.6. The summed E-state index contributed by atoms with van der Waals surface area (Å²) in [7, 11) is 2.73. The molecule has 6 heteroatoms. The first-order valence-corrected chi connectivity index (χ1v) is 9.48. The molecule has 2 aliphatic rings. The molecule has 3 heterocycles. The van der Waals surface area contributed by atoms with Crippen molar-refractivity contribution in [1.82, 2.24) is 9.88 Å². The van der Waals surface area contributed by atoms with E-state index < -0.39 is 11.9 Å². The smallest absolute Gasteiger partial charge is 0.335 e. The topological polar surface area (TPSA) is 71.6 Å². The number of hydrogen-bond donors (Lipinski definition) is 1. The standard InChI is InChI=1S/C22H24N2O4/c1-4-13(21(25)27-2)16-11-19-20-15(14-7-5-6-8-18(14)23-20)9-10-24(19)12-17(16)22(26)28-3/h4-8,12,16,19,23H,9-11H2,1-3H3/b13-4+/t16-,19-/m0/s1. The van der Waals surface area contributed by atoms with E-state index in [1.165, 1.54) is 25.2 Å². The van der Waals surface area contributed by atoms with Crippen LogP contribution >= 0.6 is 0 Å². The van der Waals surface area contributed by atoms with Gasteiger partial charge in [0.1, 0.15) is 0 Å². The third kappa shape index (κ3) is 2.80. The predicted octanol–water partition coefficient (Wildman–Crippen LogP) is 3.26. The van der Waals surface area contributed by atoms with Crippen molar-refractivity contribution >= 4 is 22.8 Å². The third-order valence-corrected chi connectivity index (χ3v) is 5.87. The van der Waals surface area contributed by atoms with Crippen LogP contribution in [0, 0.1) is 5.92 Å². The number of aromatic nitrogens is 1. The van der Waals surface area contributed by atoms with Gasteiger partial charge >= 0.3 is 11.9 Å². The number of ether oxygens (including phenoxy) is 2. The van der Waals surface area contributed by atoms with E-state index in [1.54, 1.807) is 13.0 Å². The second kappa shape index (κ2) is 7.19. The summed E-state index contributed by atoms with van der Waals surface area (Å²) in [6.07, 6.45) is 5.11. The van der Waals surface area contributed by atoms with Crippen LogP contribution < -0.4 is 0 Å². The highest BCUT2D eigenvalue weighted by Crippen LogP contribution is 2.44. The lowest BCUT2D eigenvalue weighted by Crippen LogP contribution is -2.39. The summed E-state index contributed by atoms with van der Waals surface area (Å²) in [5.74, 6) is -1.19. The van der Waals surface area contributed by atoms with Crippen LogP contribution in [0.5, 0.6) is 0 Å². The number of rotatable bonds is 3. The Bertz CT molecular complexity index is 1000. The molecule has 0 unspecified atom stereocenters. The number of nitrogens with one attached hydrogen (secondary N) is 1. The molecule has 0 bridgehead atoms. The van der Waals surface area contributed by atoms with E-state index in [1.807, 2.05) is 12.3 Å². The maximum atomic E-state index is 12.5. The normalized spacial score (nSPS) is 21.6. The molecule has 2 aromatic rings. The quantitative estimate of drug-likeness (QED) is 0.654. The summed E-state index contributed by atoms with van der Waals surface area (Å²) in [6.45, 7) is 2.61. The molecule has 6 nitrogen and oxygen atoms in total. The number of carbonyl (C=O) groups is 2. The van der Waals surface area contributed by atoms with Crippen LogP contribution in [0.2, 0.25) is 0 Å². The molecule has 4 rings (SSSR count). The Morgan fingerprint density at radius 3 is 2.71 bits per heavy atom. The van der Waals surface area contributed by atoms with Crippen molar-refractivity contribution in [3.63, 3.8) is 0 Å². The molecular weight excluding hydrogens is 356 g/mol. The second-order valence-electron chi connectivity index (χ2n) is 7.17. The van der Waals surface area contributed by atoms with Crippen LogP contribution in [0.3, 0.4) is 0 Å². The fourth-order valence-electron chi connectivity index (χ4n) is 4.55. The van der Waals surface area contributed by atoms with Crippen LogP contribution in [0.25, 0.3) is 10.9 Å². The maximum absolute atomic E-state index is 12.5. The number of H-pyrrole nitrogens is 1. The summed E-state index contributed by atoms with van der Waals surface area (Å²) in [5.41, 5.74) is 4.59. The van der Waals surface area contributed by atoms with Gasteiger partial charge in [0, 0.05) is 40.8 Å². The largest absolute Gasteiger partial charge is 0.466 e. The molecule has 1 N–H and O–H groups in total. The van der Waals surface area contributed by atoms with Gasteiger partial charge in [-0.15, -0.1) is 0 Å². The number of carbonyl (C=O) groups excluding carboxylic acids is 2. The van der Waals surface area contributed by atoms with Crippen LogP contribution in [0.15, 0.2) is 47.7 Å². The van der Waals surface area contributed by atoms with Gasteiger partial charge in [-0.25, -0.2) is 9.59 Å². The highest BCUT2D eigenvalue weighted by Gasteiger charge is 2.40. The highest BCUT2D eigenvalue weighted by molar-refractivity contribution is 5.96. The van der Waals surface area contributed by atoms with Crippen molar-refractivity contribution in [3.8, 4) is 0 Å². The van der Waals surface area contributed by atoms with Crippen molar-refractivity contribution in [2.24, 2.45) is 5.92 Å². The monoisotopic (exact) mass is 380 g/mol. The molecule has 0 amide bonds. The number of methoxy groups -OCH3 is 2. The second-order valence-corrected chi connectivity index (χ2v) is 7.17. The van der Waals surface area contributed by atoms with Gasteiger partial charge in [0.15, 0.2) is 0 Å². The predicted molar refractivity (Wildman–Crippen MR) is 105 cm³/mol. The van der Waals surface area contributed by atoms with Crippen LogP contribution in [0.1, 0.15) is 30.6 Å². The van der Waals surface area contributed by atoms with E-state index >= 15 is 0 Å². The van der Waals surface area contributed by atoms with Gasteiger partial charge in [-0.2, -0.15) is 0 Å². The zero-order valence-corrected chi connectivity index (χ0v) is 16.3. The molecule has 28 heavy (non-hydrogen) atoms. The Kier molecular flexibility index (Phi) is 4.71. The molecule has 0 aliphatic carbocycles. The zero-order valence-electron chi connectivity index (χ0n) is 16.3. The zero-order chi connectivity index (χ0) is 19.8. The van der Waals surface area contributed by atoms with Crippen LogP contribution in [0.4, 0.5) is 0 Å². The third-order valence-electron chi connectivity index (χ3n) is 5.87. The number of para-hydroxylation sites is 1. The van der Waals surface area contributed by atoms with Crippen molar-refractivity contribution in [2.75, 3.05) is 20.8 Å². The van der Waals surface area contributed by atoms with Crippen molar-refractivity contribution in [1.29, 1.82) is 0 Å². The molecule has 146 valence electrons. The first-order valence-electron chi connectivity index (χ1n) is 9.48. The van der Waals surface area contributed by atoms with Crippen LogP contribution in [-0.2, 0) is 25.5 Å². The summed E-state index contributed by atoms with van der Waals surface area (Å²) in [5, 5.41) is 1.25. The number of allylic oxidation sites excluding steroid dienone is 1. The Balaban J connectivity index is 1.81. The minimum Gasteiger partial charge on any atom is -0.466 e. The van der Waals surface area contributed by atoms with Gasteiger partial charge in [-0.05, 0) is 31.4 Å².